The molecular formula is C23H24N4O4. The van der Waals surface area contributed by atoms with E-state index in [1.807, 2.05) is 35.3 Å². The Labute approximate surface area is 180 Å². The summed E-state index contributed by atoms with van der Waals surface area (Å²) < 4.78 is 4.94. The number of carbonyl (C=O) groups excluding carboxylic acids is 3. The lowest BCUT2D eigenvalue weighted by atomic mass is 10.0. The standard InChI is InChI=1S/C23H24N4O4/c1-2-31-23(30)17-8-10-18(11-9-17)24-21(28)15-26-12-13-27-20(22(26)29)14-19(25-27)16-6-4-3-5-7-16/h3-13,19-20,25H,2,14-15H2,1H3,(H,24,28). The Morgan fingerprint density at radius 3 is 2.55 bits per heavy atom. The number of carbonyl (C=O) groups is 3. The van der Waals surface area contributed by atoms with E-state index in [0.29, 0.717) is 24.3 Å². The summed E-state index contributed by atoms with van der Waals surface area (Å²) in [6, 6.07) is 16.1. The number of nitrogens with one attached hydrogen (secondary N) is 2. The summed E-state index contributed by atoms with van der Waals surface area (Å²) in [6.45, 7) is 1.95. The van der Waals surface area contributed by atoms with Gasteiger partial charge in [0.1, 0.15) is 12.6 Å². The van der Waals surface area contributed by atoms with Crippen LogP contribution in [0.25, 0.3) is 0 Å². The van der Waals surface area contributed by atoms with E-state index in [2.05, 4.69) is 10.7 Å². The van der Waals surface area contributed by atoms with Crippen LogP contribution in [-0.2, 0) is 14.3 Å². The molecular weight excluding hydrogens is 396 g/mol. The van der Waals surface area contributed by atoms with Gasteiger partial charge >= 0.3 is 5.97 Å². The molecule has 2 aromatic carbocycles. The molecule has 1 saturated heterocycles. The molecule has 4 rings (SSSR count). The van der Waals surface area contributed by atoms with Crippen molar-refractivity contribution in [3.63, 3.8) is 0 Å². The van der Waals surface area contributed by atoms with Gasteiger partial charge in [0.15, 0.2) is 0 Å². The van der Waals surface area contributed by atoms with Crippen LogP contribution >= 0.6 is 0 Å². The third-order valence-corrected chi connectivity index (χ3v) is 5.27. The molecule has 2 atom stereocenters. The predicted molar refractivity (Wildman–Crippen MR) is 114 cm³/mol. The Morgan fingerprint density at radius 1 is 1.10 bits per heavy atom. The summed E-state index contributed by atoms with van der Waals surface area (Å²) in [5, 5.41) is 4.56. The van der Waals surface area contributed by atoms with E-state index in [1.165, 1.54) is 4.90 Å². The van der Waals surface area contributed by atoms with Gasteiger partial charge in [-0.05, 0) is 43.2 Å². The van der Waals surface area contributed by atoms with Gasteiger partial charge in [0.2, 0.25) is 5.91 Å². The van der Waals surface area contributed by atoms with Crippen molar-refractivity contribution in [3.8, 4) is 0 Å². The van der Waals surface area contributed by atoms with Crippen LogP contribution < -0.4 is 10.7 Å². The molecule has 2 unspecified atom stereocenters. The van der Waals surface area contributed by atoms with Crippen molar-refractivity contribution < 1.29 is 19.1 Å². The minimum absolute atomic E-state index is 0.0477. The minimum atomic E-state index is -0.409. The van der Waals surface area contributed by atoms with Gasteiger partial charge in [0, 0.05) is 18.1 Å². The van der Waals surface area contributed by atoms with Crippen LogP contribution in [0.5, 0.6) is 0 Å². The van der Waals surface area contributed by atoms with Crippen molar-refractivity contribution in [2.45, 2.75) is 25.4 Å². The first kappa shape index (κ1) is 20.6. The summed E-state index contributed by atoms with van der Waals surface area (Å²) in [4.78, 5) is 38.5. The zero-order chi connectivity index (χ0) is 21.8. The molecule has 1 fully saturated rings. The molecule has 2 aliphatic rings. The molecule has 2 heterocycles. The van der Waals surface area contributed by atoms with E-state index >= 15 is 0 Å². The summed E-state index contributed by atoms with van der Waals surface area (Å²) >= 11 is 0. The van der Waals surface area contributed by atoms with Crippen molar-refractivity contribution in [3.05, 3.63) is 78.1 Å². The van der Waals surface area contributed by atoms with Crippen molar-refractivity contribution >= 4 is 23.5 Å². The topological polar surface area (TPSA) is 91.0 Å². The number of hydrazine groups is 1. The summed E-state index contributed by atoms with van der Waals surface area (Å²) in [7, 11) is 0. The Kier molecular flexibility index (Phi) is 5.99. The van der Waals surface area contributed by atoms with E-state index in [0.717, 1.165) is 5.56 Å². The van der Waals surface area contributed by atoms with Crippen molar-refractivity contribution in [2.24, 2.45) is 0 Å². The molecule has 8 nitrogen and oxygen atoms in total. The molecule has 0 bridgehead atoms. The van der Waals surface area contributed by atoms with Crippen molar-refractivity contribution in [1.82, 2.24) is 15.3 Å². The fourth-order valence-electron chi connectivity index (χ4n) is 3.73. The van der Waals surface area contributed by atoms with Crippen molar-refractivity contribution in [2.75, 3.05) is 18.5 Å². The van der Waals surface area contributed by atoms with Gasteiger partial charge < -0.3 is 20.0 Å². The van der Waals surface area contributed by atoms with Crippen LogP contribution in [0.15, 0.2) is 67.0 Å². The molecule has 160 valence electrons. The zero-order valence-electron chi connectivity index (χ0n) is 17.2. The van der Waals surface area contributed by atoms with Crippen LogP contribution in [-0.4, -0.2) is 46.9 Å². The average molecular weight is 420 g/mol. The summed E-state index contributed by atoms with van der Waals surface area (Å²) in [6.07, 6.45) is 4.03. The lowest BCUT2D eigenvalue weighted by Crippen LogP contribution is -2.49. The van der Waals surface area contributed by atoms with Gasteiger partial charge in [-0.25, -0.2) is 10.2 Å². The lowest BCUT2D eigenvalue weighted by Gasteiger charge is -2.31. The van der Waals surface area contributed by atoms with Crippen LogP contribution in [0.1, 0.15) is 35.3 Å². The largest absolute Gasteiger partial charge is 0.462 e. The highest BCUT2D eigenvalue weighted by atomic mass is 16.5. The normalized spacial score (nSPS) is 19.8. The maximum absolute atomic E-state index is 12.9. The number of hydrogen-bond donors (Lipinski definition) is 2. The summed E-state index contributed by atoms with van der Waals surface area (Å²) in [5.41, 5.74) is 5.41. The molecule has 2 aromatic rings. The molecule has 2 aliphatic heterocycles. The Bertz CT molecular complexity index is 990. The number of hydrogen-bond acceptors (Lipinski definition) is 6. The number of fused-ring (bicyclic) bond motifs is 1. The number of benzene rings is 2. The van der Waals surface area contributed by atoms with E-state index < -0.39 is 5.97 Å². The second-order valence-corrected chi connectivity index (χ2v) is 7.36. The highest BCUT2D eigenvalue weighted by Crippen LogP contribution is 2.30. The van der Waals surface area contributed by atoms with Gasteiger partial charge in [-0.15, -0.1) is 0 Å². The number of amides is 2. The maximum atomic E-state index is 12.9. The van der Waals surface area contributed by atoms with Crippen LogP contribution in [0.3, 0.4) is 0 Å². The molecule has 0 saturated carbocycles. The first-order valence-electron chi connectivity index (χ1n) is 10.2. The minimum Gasteiger partial charge on any atom is -0.462 e. The first-order valence-corrected chi connectivity index (χ1v) is 10.2. The van der Waals surface area contributed by atoms with Gasteiger partial charge in [0.25, 0.3) is 5.91 Å². The monoisotopic (exact) mass is 420 g/mol. The number of nitrogens with zero attached hydrogens (tertiary/aromatic N) is 2. The van der Waals surface area contributed by atoms with E-state index in [1.54, 1.807) is 43.6 Å². The molecule has 0 aromatic heterocycles. The zero-order valence-corrected chi connectivity index (χ0v) is 17.2. The van der Waals surface area contributed by atoms with E-state index in [-0.39, 0.29) is 30.4 Å². The van der Waals surface area contributed by atoms with Crippen LogP contribution in [0.2, 0.25) is 0 Å². The highest BCUT2D eigenvalue weighted by Gasteiger charge is 2.40. The third kappa shape index (κ3) is 4.59. The number of anilines is 1. The quantitative estimate of drug-likeness (QED) is 0.698. The molecule has 2 N–H and O–H groups in total. The first-order chi connectivity index (χ1) is 15.0. The maximum Gasteiger partial charge on any atom is 0.338 e. The fraction of sp³-hybridized carbons (Fsp3) is 0.261. The summed E-state index contributed by atoms with van der Waals surface area (Å²) in [5.74, 6) is -0.852. The number of esters is 1. The molecule has 0 spiro atoms. The second kappa shape index (κ2) is 9.01. The van der Waals surface area contributed by atoms with Crippen molar-refractivity contribution in [1.29, 1.82) is 0 Å². The van der Waals surface area contributed by atoms with E-state index in [4.69, 9.17) is 4.74 Å². The fourth-order valence-corrected chi connectivity index (χ4v) is 3.73. The van der Waals surface area contributed by atoms with E-state index in [9.17, 15) is 14.4 Å². The molecule has 0 aliphatic carbocycles. The molecule has 2 amide bonds. The second-order valence-electron chi connectivity index (χ2n) is 7.36. The lowest BCUT2D eigenvalue weighted by molar-refractivity contribution is -0.137. The Balaban J connectivity index is 1.34. The number of ether oxygens (including phenoxy) is 1. The van der Waals surface area contributed by atoms with Gasteiger partial charge in [-0.1, -0.05) is 30.3 Å². The molecule has 8 heteroatoms. The smallest absolute Gasteiger partial charge is 0.338 e. The Hall–Kier alpha value is -3.65. The predicted octanol–water partition coefficient (Wildman–Crippen LogP) is 2.44. The average Bonchev–Trinajstić information content (AvgIpc) is 3.22. The van der Waals surface area contributed by atoms with Gasteiger partial charge in [-0.3, -0.25) is 9.59 Å². The molecule has 0 radical (unpaired) electrons. The van der Waals surface area contributed by atoms with Crippen LogP contribution in [0.4, 0.5) is 5.69 Å². The SMILES string of the molecule is CCOC(=O)c1ccc(NC(=O)CN2C=CN3NC(c4ccccc4)CC3C2=O)cc1. The third-order valence-electron chi connectivity index (χ3n) is 5.27. The van der Waals surface area contributed by atoms with Gasteiger partial charge in [-0.2, -0.15) is 0 Å². The van der Waals surface area contributed by atoms with Crippen LogP contribution in [0, 0.1) is 0 Å². The highest BCUT2D eigenvalue weighted by molar-refractivity contribution is 5.96. The number of rotatable bonds is 6. The molecule has 31 heavy (non-hydrogen) atoms. The van der Waals surface area contributed by atoms with Gasteiger partial charge in [0.05, 0.1) is 18.2 Å². The Morgan fingerprint density at radius 2 is 1.84 bits per heavy atom.